The normalized spacial score (nSPS) is 12.2. The van der Waals surface area contributed by atoms with E-state index in [1.807, 2.05) is 32.0 Å². The van der Waals surface area contributed by atoms with Crippen LogP contribution >= 0.6 is 15.9 Å². The van der Waals surface area contributed by atoms with Crippen LogP contribution in [0.25, 0.3) is 0 Å². The van der Waals surface area contributed by atoms with Crippen LogP contribution < -0.4 is 5.32 Å². The molecule has 2 aromatic rings. The third-order valence-electron chi connectivity index (χ3n) is 2.74. The number of rotatable bonds is 3. The van der Waals surface area contributed by atoms with Gasteiger partial charge in [0.15, 0.2) is 0 Å². The molecule has 0 radical (unpaired) electrons. The van der Waals surface area contributed by atoms with E-state index >= 15 is 0 Å². The lowest BCUT2D eigenvalue weighted by atomic mass is 10.1. The fourth-order valence-corrected chi connectivity index (χ4v) is 2.33. The van der Waals surface area contributed by atoms with Crippen LogP contribution in [0, 0.1) is 6.92 Å². The molecule has 2 rings (SSSR count). The average Bonchev–Trinajstić information content (AvgIpc) is 2.81. The van der Waals surface area contributed by atoms with Crippen molar-refractivity contribution in [2.24, 2.45) is 0 Å². The summed E-state index contributed by atoms with van der Waals surface area (Å²) in [7, 11) is 0. The predicted octanol–water partition coefficient (Wildman–Crippen LogP) is 2.97. The highest BCUT2D eigenvalue weighted by molar-refractivity contribution is 9.10. The number of hydrogen-bond donors (Lipinski definition) is 2. The third kappa shape index (κ3) is 2.79. The molecule has 1 amide bonds. The summed E-state index contributed by atoms with van der Waals surface area (Å²) in [6.45, 7) is 3.91. The Labute approximate surface area is 114 Å². The second-order valence-corrected chi connectivity index (χ2v) is 5.06. The second-order valence-electron chi connectivity index (χ2n) is 4.21. The van der Waals surface area contributed by atoms with Crippen molar-refractivity contribution < 1.29 is 4.79 Å². The molecule has 1 aromatic heterocycles. The molecule has 18 heavy (non-hydrogen) atoms. The lowest BCUT2D eigenvalue weighted by molar-refractivity contribution is 0.0939. The number of aromatic amines is 1. The van der Waals surface area contributed by atoms with E-state index in [9.17, 15) is 4.79 Å². The Hall–Kier alpha value is -1.62. The standard InChI is InChI=1S/C13H14BrN3O/c1-8-3-4-11(12(14)5-8)13(18)17-9(2)10-6-15-16-7-10/h3-7,9H,1-2H3,(H,15,16)(H,17,18). The molecule has 0 aliphatic rings. The number of aryl methyl sites for hydroxylation is 1. The zero-order chi connectivity index (χ0) is 13.1. The summed E-state index contributed by atoms with van der Waals surface area (Å²) >= 11 is 3.41. The number of carbonyl (C=O) groups excluding carboxylic acids is 1. The molecule has 2 N–H and O–H groups in total. The van der Waals surface area contributed by atoms with E-state index in [1.165, 1.54) is 0 Å². The van der Waals surface area contributed by atoms with E-state index < -0.39 is 0 Å². The summed E-state index contributed by atoms with van der Waals surface area (Å²) in [5.41, 5.74) is 2.70. The summed E-state index contributed by atoms with van der Waals surface area (Å²) in [4.78, 5) is 12.1. The highest BCUT2D eigenvalue weighted by atomic mass is 79.9. The Morgan fingerprint density at radius 2 is 2.28 bits per heavy atom. The van der Waals surface area contributed by atoms with Gasteiger partial charge in [0.1, 0.15) is 0 Å². The molecule has 0 aliphatic heterocycles. The summed E-state index contributed by atoms with van der Waals surface area (Å²) in [5, 5.41) is 9.53. The van der Waals surface area contributed by atoms with Gasteiger partial charge in [0, 0.05) is 16.2 Å². The molecule has 0 saturated carbocycles. The van der Waals surface area contributed by atoms with Crippen molar-refractivity contribution in [1.82, 2.24) is 15.5 Å². The number of benzene rings is 1. The van der Waals surface area contributed by atoms with Gasteiger partial charge in [-0.05, 0) is 47.5 Å². The summed E-state index contributed by atoms with van der Waals surface area (Å²) < 4.78 is 0.805. The lowest BCUT2D eigenvalue weighted by Crippen LogP contribution is -2.26. The van der Waals surface area contributed by atoms with Gasteiger partial charge in [-0.3, -0.25) is 9.89 Å². The SMILES string of the molecule is Cc1ccc(C(=O)NC(C)c2cn[nH]c2)c(Br)c1. The van der Waals surface area contributed by atoms with Crippen molar-refractivity contribution >= 4 is 21.8 Å². The molecule has 0 aliphatic carbocycles. The molecule has 1 atom stereocenters. The molecule has 94 valence electrons. The van der Waals surface area contributed by atoms with E-state index in [4.69, 9.17) is 0 Å². The average molecular weight is 308 g/mol. The minimum atomic E-state index is -0.101. The monoisotopic (exact) mass is 307 g/mol. The number of nitrogens with zero attached hydrogens (tertiary/aromatic N) is 1. The first-order valence-electron chi connectivity index (χ1n) is 5.63. The van der Waals surface area contributed by atoms with Gasteiger partial charge >= 0.3 is 0 Å². The first-order valence-corrected chi connectivity index (χ1v) is 6.43. The van der Waals surface area contributed by atoms with Crippen LogP contribution in [0.3, 0.4) is 0 Å². The molecular formula is C13H14BrN3O. The van der Waals surface area contributed by atoms with Gasteiger partial charge in [-0.25, -0.2) is 0 Å². The Bertz CT molecular complexity index is 551. The number of amides is 1. The van der Waals surface area contributed by atoms with Crippen molar-refractivity contribution in [1.29, 1.82) is 0 Å². The smallest absolute Gasteiger partial charge is 0.252 e. The molecule has 1 unspecified atom stereocenters. The van der Waals surface area contributed by atoms with Crippen LogP contribution in [0.4, 0.5) is 0 Å². The first kappa shape index (κ1) is 12.8. The van der Waals surface area contributed by atoms with Crippen LogP contribution in [0.5, 0.6) is 0 Å². The minimum absolute atomic E-state index is 0.0792. The van der Waals surface area contributed by atoms with Crippen LogP contribution in [0.15, 0.2) is 35.1 Å². The zero-order valence-corrected chi connectivity index (χ0v) is 11.8. The van der Waals surface area contributed by atoms with Crippen molar-refractivity contribution in [3.63, 3.8) is 0 Å². The number of hydrogen-bond acceptors (Lipinski definition) is 2. The fourth-order valence-electron chi connectivity index (χ4n) is 1.66. The second kappa shape index (κ2) is 5.35. The Balaban J connectivity index is 2.12. The Kier molecular flexibility index (Phi) is 3.81. The van der Waals surface area contributed by atoms with Crippen LogP contribution in [-0.2, 0) is 0 Å². The molecule has 1 heterocycles. The predicted molar refractivity (Wildman–Crippen MR) is 73.3 cm³/mol. The van der Waals surface area contributed by atoms with Crippen LogP contribution in [0.2, 0.25) is 0 Å². The highest BCUT2D eigenvalue weighted by Crippen LogP contribution is 2.19. The fraction of sp³-hybridized carbons (Fsp3) is 0.231. The largest absolute Gasteiger partial charge is 0.345 e. The number of halogens is 1. The molecule has 5 heteroatoms. The minimum Gasteiger partial charge on any atom is -0.345 e. The van der Waals surface area contributed by atoms with E-state index in [2.05, 4.69) is 31.4 Å². The maximum absolute atomic E-state index is 12.1. The Morgan fingerprint density at radius 1 is 1.50 bits per heavy atom. The topological polar surface area (TPSA) is 57.8 Å². The third-order valence-corrected chi connectivity index (χ3v) is 3.39. The maximum Gasteiger partial charge on any atom is 0.252 e. The van der Waals surface area contributed by atoms with Crippen molar-refractivity contribution in [2.75, 3.05) is 0 Å². The van der Waals surface area contributed by atoms with Crippen molar-refractivity contribution in [3.8, 4) is 0 Å². The summed E-state index contributed by atoms with van der Waals surface area (Å²) in [6, 6.07) is 5.58. The molecule has 0 spiro atoms. The van der Waals surface area contributed by atoms with Crippen LogP contribution in [0.1, 0.15) is 34.5 Å². The number of H-pyrrole nitrogens is 1. The number of aromatic nitrogens is 2. The Morgan fingerprint density at radius 3 is 2.89 bits per heavy atom. The zero-order valence-electron chi connectivity index (χ0n) is 10.2. The van der Waals surface area contributed by atoms with Crippen LogP contribution in [-0.4, -0.2) is 16.1 Å². The number of carbonyl (C=O) groups is 1. The molecule has 1 aromatic carbocycles. The molecular weight excluding hydrogens is 294 g/mol. The van der Waals surface area contributed by atoms with E-state index in [1.54, 1.807) is 12.4 Å². The first-order chi connectivity index (χ1) is 8.58. The molecule has 0 bridgehead atoms. The van der Waals surface area contributed by atoms with E-state index in [0.717, 1.165) is 15.6 Å². The quantitative estimate of drug-likeness (QED) is 0.916. The molecule has 0 fully saturated rings. The van der Waals surface area contributed by atoms with Gasteiger partial charge in [-0.1, -0.05) is 6.07 Å². The molecule has 0 saturated heterocycles. The highest BCUT2D eigenvalue weighted by Gasteiger charge is 2.14. The van der Waals surface area contributed by atoms with Gasteiger partial charge < -0.3 is 5.32 Å². The molecule has 4 nitrogen and oxygen atoms in total. The van der Waals surface area contributed by atoms with E-state index in [-0.39, 0.29) is 11.9 Å². The van der Waals surface area contributed by atoms with Gasteiger partial charge in [0.2, 0.25) is 0 Å². The summed E-state index contributed by atoms with van der Waals surface area (Å²) in [5.74, 6) is -0.101. The van der Waals surface area contributed by atoms with Gasteiger partial charge in [-0.15, -0.1) is 0 Å². The van der Waals surface area contributed by atoms with Crippen molar-refractivity contribution in [3.05, 3.63) is 51.8 Å². The van der Waals surface area contributed by atoms with Crippen molar-refractivity contribution in [2.45, 2.75) is 19.9 Å². The summed E-state index contributed by atoms with van der Waals surface area (Å²) in [6.07, 6.45) is 3.48. The van der Waals surface area contributed by atoms with Gasteiger partial charge in [0.05, 0.1) is 17.8 Å². The maximum atomic E-state index is 12.1. The van der Waals surface area contributed by atoms with Gasteiger partial charge in [-0.2, -0.15) is 5.10 Å². The lowest BCUT2D eigenvalue weighted by Gasteiger charge is -2.13. The van der Waals surface area contributed by atoms with E-state index in [0.29, 0.717) is 5.56 Å². The van der Waals surface area contributed by atoms with Gasteiger partial charge in [0.25, 0.3) is 5.91 Å². The number of nitrogens with one attached hydrogen (secondary N) is 2.